The van der Waals surface area contributed by atoms with E-state index in [0.717, 1.165) is 10.6 Å². The third-order valence-corrected chi connectivity index (χ3v) is 4.91. The molecule has 0 unspecified atom stereocenters. The number of carbonyl (C=O) groups excluding carboxylic acids is 2. The monoisotopic (exact) mass is 380 g/mol. The largest absolute Gasteiger partial charge is 0.443 e. The van der Waals surface area contributed by atoms with Crippen LogP contribution >= 0.6 is 11.3 Å². The van der Waals surface area contributed by atoms with Gasteiger partial charge in [0.1, 0.15) is 4.88 Å². The van der Waals surface area contributed by atoms with Crippen molar-refractivity contribution in [2.75, 3.05) is 14.1 Å². The number of hydrogen-bond donors (Lipinski definition) is 0. The quantitative estimate of drug-likeness (QED) is 0.625. The van der Waals surface area contributed by atoms with Crippen molar-refractivity contribution in [3.63, 3.8) is 0 Å². The summed E-state index contributed by atoms with van der Waals surface area (Å²) in [6, 6.07) is 18.5. The highest BCUT2D eigenvalue weighted by Gasteiger charge is 2.29. The van der Waals surface area contributed by atoms with E-state index in [0.29, 0.717) is 16.1 Å². The molecule has 3 aromatic rings. The highest BCUT2D eigenvalue weighted by atomic mass is 32.1. The fourth-order valence-corrected chi connectivity index (χ4v) is 3.46. The minimum absolute atomic E-state index is 0.294. The summed E-state index contributed by atoms with van der Waals surface area (Å²) in [6.45, 7) is 1.84. The minimum Gasteiger partial charge on any atom is -0.443 e. The lowest BCUT2D eigenvalue weighted by Gasteiger charge is -2.21. The Labute approximate surface area is 162 Å². The summed E-state index contributed by atoms with van der Waals surface area (Å²) in [5, 5.41) is 0.760. The zero-order valence-corrected chi connectivity index (χ0v) is 16.2. The standard InChI is InChI=1S/C21H20N2O3S/c1-14-22-17(15-10-6-4-7-11-15)19(27-14)21(25)26-18(20(24)23(2)3)16-12-8-5-9-13-16/h4-13,18H,1-3H3/t18-/m0/s1. The normalized spacial score (nSPS) is 11.7. The number of benzene rings is 2. The first kappa shape index (κ1) is 18.8. The molecule has 138 valence electrons. The number of nitrogens with zero attached hydrogens (tertiary/aromatic N) is 2. The van der Waals surface area contributed by atoms with Crippen molar-refractivity contribution in [3.05, 3.63) is 76.1 Å². The van der Waals surface area contributed by atoms with Gasteiger partial charge < -0.3 is 9.64 Å². The number of carbonyl (C=O) groups is 2. The molecule has 0 aliphatic heterocycles. The first-order chi connectivity index (χ1) is 13.0. The van der Waals surface area contributed by atoms with Gasteiger partial charge in [-0.3, -0.25) is 4.79 Å². The number of likely N-dealkylation sites (N-methyl/N-ethyl adjacent to an activating group) is 1. The molecule has 1 aromatic heterocycles. The van der Waals surface area contributed by atoms with Crippen molar-refractivity contribution in [1.29, 1.82) is 0 Å². The Hall–Kier alpha value is -2.99. The zero-order valence-electron chi connectivity index (χ0n) is 15.4. The van der Waals surface area contributed by atoms with Gasteiger partial charge >= 0.3 is 5.97 Å². The summed E-state index contributed by atoms with van der Waals surface area (Å²) >= 11 is 1.26. The number of ether oxygens (including phenoxy) is 1. The summed E-state index contributed by atoms with van der Waals surface area (Å²) in [4.78, 5) is 31.8. The second-order valence-electron chi connectivity index (χ2n) is 6.21. The maximum absolute atomic E-state index is 12.9. The van der Waals surface area contributed by atoms with E-state index in [4.69, 9.17) is 4.74 Å². The minimum atomic E-state index is -1.00. The van der Waals surface area contributed by atoms with Gasteiger partial charge in [-0.15, -0.1) is 11.3 Å². The zero-order chi connectivity index (χ0) is 19.4. The molecule has 0 N–H and O–H groups in total. The first-order valence-corrected chi connectivity index (χ1v) is 9.29. The van der Waals surface area contributed by atoms with Crippen LogP contribution in [0.4, 0.5) is 0 Å². The van der Waals surface area contributed by atoms with Crippen LogP contribution in [0.1, 0.15) is 26.3 Å². The molecule has 0 radical (unpaired) electrons. The SMILES string of the molecule is Cc1nc(-c2ccccc2)c(C(=O)O[C@H](C(=O)N(C)C)c2ccccc2)s1. The van der Waals surface area contributed by atoms with Gasteiger partial charge in [0.2, 0.25) is 6.10 Å². The third-order valence-electron chi connectivity index (χ3n) is 3.96. The highest BCUT2D eigenvalue weighted by molar-refractivity contribution is 7.14. The predicted octanol–water partition coefficient (Wildman–Crippen LogP) is 4.10. The van der Waals surface area contributed by atoms with Gasteiger partial charge in [-0.1, -0.05) is 60.7 Å². The van der Waals surface area contributed by atoms with Crippen LogP contribution in [-0.2, 0) is 9.53 Å². The van der Waals surface area contributed by atoms with Crippen molar-refractivity contribution in [1.82, 2.24) is 9.88 Å². The highest BCUT2D eigenvalue weighted by Crippen LogP contribution is 2.30. The Balaban J connectivity index is 1.94. The number of aromatic nitrogens is 1. The summed E-state index contributed by atoms with van der Waals surface area (Å²) in [5.74, 6) is -0.847. The number of amides is 1. The molecule has 0 saturated heterocycles. The first-order valence-electron chi connectivity index (χ1n) is 8.47. The van der Waals surface area contributed by atoms with Crippen LogP contribution in [0.15, 0.2) is 60.7 Å². The van der Waals surface area contributed by atoms with Crippen LogP contribution in [0, 0.1) is 6.92 Å². The molecule has 5 nitrogen and oxygen atoms in total. The Kier molecular flexibility index (Phi) is 5.66. The van der Waals surface area contributed by atoms with E-state index in [1.165, 1.54) is 16.2 Å². The summed E-state index contributed by atoms with van der Waals surface area (Å²) in [7, 11) is 3.27. The van der Waals surface area contributed by atoms with Gasteiger partial charge in [0.25, 0.3) is 5.91 Å². The molecule has 0 aliphatic carbocycles. The average molecular weight is 380 g/mol. The van der Waals surface area contributed by atoms with E-state index in [1.807, 2.05) is 55.5 Å². The maximum Gasteiger partial charge on any atom is 0.351 e. The van der Waals surface area contributed by atoms with Crippen LogP contribution in [0.5, 0.6) is 0 Å². The maximum atomic E-state index is 12.9. The molecule has 27 heavy (non-hydrogen) atoms. The van der Waals surface area contributed by atoms with Crippen molar-refractivity contribution in [3.8, 4) is 11.3 Å². The number of aryl methyl sites for hydroxylation is 1. The second kappa shape index (κ2) is 8.14. The van der Waals surface area contributed by atoms with Crippen molar-refractivity contribution in [2.24, 2.45) is 0 Å². The predicted molar refractivity (Wildman–Crippen MR) is 106 cm³/mol. The Morgan fingerprint density at radius 3 is 2.19 bits per heavy atom. The molecule has 0 aliphatic rings. The molecular weight excluding hydrogens is 360 g/mol. The van der Waals surface area contributed by atoms with Crippen LogP contribution in [0.25, 0.3) is 11.3 Å². The van der Waals surface area contributed by atoms with Crippen molar-refractivity contribution in [2.45, 2.75) is 13.0 Å². The lowest BCUT2D eigenvalue weighted by atomic mass is 10.1. The van der Waals surface area contributed by atoms with Crippen molar-refractivity contribution < 1.29 is 14.3 Å². The van der Waals surface area contributed by atoms with Crippen LogP contribution in [0.2, 0.25) is 0 Å². The molecule has 0 bridgehead atoms. The van der Waals surface area contributed by atoms with Gasteiger partial charge in [0.05, 0.1) is 10.7 Å². The van der Waals surface area contributed by atoms with E-state index in [9.17, 15) is 9.59 Å². The van der Waals surface area contributed by atoms with Crippen molar-refractivity contribution >= 4 is 23.2 Å². The molecule has 0 spiro atoms. The van der Waals surface area contributed by atoms with Gasteiger partial charge in [0, 0.05) is 25.2 Å². The lowest BCUT2D eigenvalue weighted by molar-refractivity contribution is -0.138. The van der Waals surface area contributed by atoms with Crippen LogP contribution in [-0.4, -0.2) is 35.9 Å². The van der Waals surface area contributed by atoms with E-state index in [1.54, 1.807) is 26.2 Å². The van der Waals surface area contributed by atoms with Gasteiger partial charge in [0.15, 0.2) is 0 Å². The van der Waals surface area contributed by atoms with Gasteiger partial charge in [-0.2, -0.15) is 0 Å². The third kappa shape index (κ3) is 4.23. The Bertz CT molecular complexity index is 937. The number of rotatable bonds is 5. The number of hydrogen-bond acceptors (Lipinski definition) is 5. The molecule has 3 rings (SSSR count). The number of esters is 1. The van der Waals surface area contributed by atoms with E-state index in [-0.39, 0.29) is 5.91 Å². The lowest BCUT2D eigenvalue weighted by Crippen LogP contribution is -2.31. The molecule has 1 amide bonds. The van der Waals surface area contributed by atoms with E-state index in [2.05, 4.69) is 4.98 Å². The average Bonchev–Trinajstić information content (AvgIpc) is 3.08. The molecule has 6 heteroatoms. The van der Waals surface area contributed by atoms with Gasteiger partial charge in [-0.05, 0) is 6.92 Å². The van der Waals surface area contributed by atoms with E-state index >= 15 is 0 Å². The number of thiazole rings is 1. The fourth-order valence-electron chi connectivity index (χ4n) is 2.64. The molecule has 1 atom stereocenters. The summed E-state index contributed by atoms with van der Waals surface area (Å²) < 4.78 is 5.66. The smallest absolute Gasteiger partial charge is 0.351 e. The van der Waals surface area contributed by atoms with Gasteiger partial charge in [-0.25, -0.2) is 9.78 Å². The fraction of sp³-hybridized carbons (Fsp3) is 0.190. The van der Waals surface area contributed by atoms with E-state index < -0.39 is 12.1 Å². The summed E-state index contributed by atoms with van der Waals surface area (Å²) in [5.41, 5.74) is 2.04. The van der Waals surface area contributed by atoms with Crippen LogP contribution < -0.4 is 0 Å². The Morgan fingerprint density at radius 2 is 1.59 bits per heavy atom. The molecule has 1 heterocycles. The summed E-state index contributed by atoms with van der Waals surface area (Å²) in [6.07, 6.45) is -1.00. The second-order valence-corrected chi connectivity index (χ2v) is 7.41. The topological polar surface area (TPSA) is 59.5 Å². The molecule has 0 saturated carbocycles. The molecule has 2 aromatic carbocycles. The molecule has 0 fully saturated rings. The Morgan fingerprint density at radius 1 is 1.00 bits per heavy atom. The van der Waals surface area contributed by atoms with Crippen LogP contribution in [0.3, 0.4) is 0 Å². The molecular formula is C21H20N2O3S.